The largest absolute Gasteiger partial charge is 0.228 e. The molecule has 0 amide bonds. The highest BCUT2D eigenvalue weighted by Crippen LogP contribution is 2.63. The number of nitriles is 1. The van der Waals surface area contributed by atoms with E-state index in [2.05, 4.69) is 133 Å². The molecule has 0 saturated heterocycles. The molecule has 2 aliphatic carbocycles. The monoisotopic (exact) mass is 647 g/mol. The third kappa shape index (κ3) is 4.30. The molecule has 0 radical (unpaired) electrons. The van der Waals surface area contributed by atoms with Crippen molar-refractivity contribution in [1.82, 2.24) is 9.97 Å². The van der Waals surface area contributed by atoms with Gasteiger partial charge in [0.1, 0.15) is 0 Å². The van der Waals surface area contributed by atoms with Crippen LogP contribution in [-0.2, 0) is 5.41 Å². The van der Waals surface area contributed by atoms with Gasteiger partial charge in [0, 0.05) is 22.3 Å². The first-order chi connectivity index (χ1) is 25.2. The number of hydrogen-bond donors (Lipinski definition) is 0. The Morgan fingerprint density at radius 2 is 0.941 bits per heavy atom. The van der Waals surface area contributed by atoms with E-state index in [1.807, 2.05) is 48.5 Å². The normalized spacial score (nSPS) is 12.8. The number of fused-ring (bicyclic) bond motifs is 10. The van der Waals surface area contributed by atoms with Crippen molar-refractivity contribution >= 4 is 0 Å². The molecule has 0 N–H and O–H groups in total. The number of rotatable bonds is 4. The number of hydrogen-bond acceptors (Lipinski definition) is 3. The highest BCUT2D eigenvalue weighted by molar-refractivity contribution is 5.97. The second-order valence-electron chi connectivity index (χ2n) is 13.2. The molecule has 0 saturated carbocycles. The van der Waals surface area contributed by atoms with E-state index in [0.29, 0.717) is 11.4 Å². The quantitative estimate of drug-likeness (QED) is 0.191. The fraction of sp³-hybridized carbons (Fsp3) is 0.0208. The fourth-order valence-corrected chi connectivity index (χ4v) is 8.39. The molecule has 0 aliphatic heterocycles. The van der Waals surface area contributed by atoms with Crippen LogP contribution in [0.5, 0.6) is 0 Å². The molecular weight excluding hydrogens is 619 g/mol. The number of benzene rings is 7. The summed E-state index contributed by atoms with van der Waals surface area (Å²) in [6.45, 7) is 0. The van der Waals surface area contributed by atoms with Gasteiger partial charge in [0.05, 0.1) is 28.4 Å². The zero-order chi connectivity index (χ0) is 33.9. The number of nitrogens with zero attached hydrogens (tertiary/aromatic N) is 3. The lowest BCUT2D eigenvalue weighted by molar-refractivity contribution is 0.794. The van der Waals surface area contributed by atoms with Gasteiger partial charge < -0.3 is 0 Å². The van der Waals surface area contributed by atoms with Gasteiger partial charge in [-0.05, 0) is 74.3 Å². The molecule has 2 aliphatic rings. The Morgan fingerprint density at radius 3 is 1.65 bits per heavy atom. The van der Waals surface area contributed by atoms with Crippen LogP contribution in [0.25, 0.3) is 67.3 Å². The molecule has 1 aromatic heterocycles. The molecule has 0 bridgehead atoms. The maximum absolute atomic E-state index is 10.3. The van der Waals surface area contributed by atoms with Crippen molar-refractivity contribution in [2.24, 2.45) is 0 Å². The lowest BCUT2D eigenvalue weighted by Gasteiger charge is -2.30. The Kier molecular flexibility index (Phi) is 6.46. The van der Waals surface area contributed by atoms with Crippen molar-refractivity contribution in [2.45, 2.75) is 5.41 Å². The van der Waals surface area contributed by atoms with Crippen molar-refractivity contribution in [3.05, 3.63) is 204 Å². The van der Waals surface area contributed by atoms with Crippen LogP contribution in [0.2, 0.25) is 0 Å². The van der Waals surface area contributed by atoms with E-state index in [-0.39, 0.29) is 0 Å². The maximum atomic E-state index is 10.3. The Morgan fingerprint density at radius 1 is 0.392 bits per heavy atom. The molecule has 8 aromatic rings. The lowest BCUT2D eigenvalue weighted by Crippen LogP contribution is -2.25. The van der Waals surface area contributed by atoms with Crippen LogP contribution in [0, 0.1) is 11.3 Å². The molecule has 0 fully saturated rings. The van der Waals surface area contributed by atoms with Crippen molar-refractivity contribution in [3.63, 3.8) is 0 Å². The zero-order valence-corrected chi connectivity index (χ0v) is 27.6. The van der Waals surface area contributed by atoms with E-state index in [0.717, 1.165) is 50.3 Å². The highest BCUT2D eigenvalue weighted by atomic mass is 14.9. The maximum Gasteiger partial charge on any atom is 0.160 e. The first-order valence-corrected chi connectivity index (χ1v) is 17.2. The van der Waals surface area contributed by atoms with Crippen molar-refractivity contribution in [1.29, 1.82) is 5.26 Å². The van der Waals surface area contributed by atoms with Crippen molar-refractivity contribution in [3.8, 4) is 73.4 Å². The summed E-state index contributed by atoms with van der Waals surface area (Å²) >= 11 is 0. The Labute approximate surface area is 296 Å². The van der Waals surface area contributed by atoms with Gasteiger partial charge in [0.15, 0.2) is 5.82 Å². The molecule has 7 aromatic carbocycles. The minimum atomic E-state index is -0.528. The number of aromatic nitrogens is 2. The van der Waals surface area contributed by atoms with Crippen LogP contribution < -0.4 is 0 Å². The molecule has 10 rings (SSSR count). The van der Waals surface area contributed by atoms with E-state index in [1.165, 1.54) is 33.4 Å². The van der Waals surface area contributed by atoms with E-state index < -0.39 is 5.41 Å². The summed E-state index contributed by atoms with van der Waals surface area (Å²) in [5, 5.41) is 10.3. The van der Waals surface area contributed by atoms with Crippen LogP contribution in [0.15, 0.2) is 176 Å². The molecule has 3 nitrogen and oxygen atoms in total. The van der Waals surface area contributed by atoms with Gasteiger partial charge in [-0.15, -0.1) is 0 Å². The van der Waals surface area contributed by atoms with Crippen molar-refractivity contribution < 1.29 is 0 Å². The van der Waals surface area contributed by atoms with Gasteiger partial charge in [0.2, 0.25) is 0 Å². The molecule has 236 valence electrons. The molecule has 0 unspecified atom stereocenters. The smallest absolute Gasteiger partial charge is 0.160 e. The van der Waals surface area contributed by atoms with Crippen LogP contribution in [0.4, 0.5) is 0 Å². The molecular formula is C48H29N3. The predicted molar refractivity (Wildman–Crippen MR) is 205 cm³/mol. The van der Waals surface area contributed by atoms with Gasteiger partial charge in [-0.2, -0.15) is 5.26 Å². The molecule has 51 heavy (non-hydrogen) atoms. The summed E-state index contributed by atoms with van der Waals surface area (Å²) in [4.78, 5) is 10.1. The van der Waals surface area contributed by atoms with Crippen LogP contribution in [0.3, 0.4) is 0 Å². The van der Waals surface area contributed by atoms with Crippen LogP contribution in [0.1, 0.15) is 27.8 Å². The minimum Gasteiger partial charge on any atom is -0.228 e. The SMILES string of the molecule is N#Cc1cccc2c1-c1ccc(-c3cccc(-c4cc(-c5ccccc5)nc(-c5ccccc5)n4)c3)cc1C21c2ccccc2-c2ccccc21. The second kappa shape index (κ2) is 11.3. The van der Waals surface area contributed by atoms with Gasteiger partial charge >= 0.3 is 0 Å². The van der Waals surface area contributed by atoms with Gasteiger partial charge in [-0.1, -0.05) is 152 Å². The Hall–Kier alpha value is -6.89. The summed E-state index contributed by atoms with van der Waals surface area (Å²) in [6.07, 6.45) is 0. The average Bonchev–Trinajstić information content (AvgIpc) is 3.68. The summed E-state index contributed by atoms with van der Waals surface area (Å²) in [7, 11) is 0. The van der Waals surface area contributed by atoms with E-state index in [9.17, 15) is 5.26 Å². The second-order valence-corrected chi connectivity index (χ2v) is 13.2. The first-order valence-electron chi connectivity index (χ1n) is 17.2. The Bertz CT molecular complexity index is 2600. The predicted octanol–water partition coefficient (Wildman–Crippen LogP) is 11.4. The fourth-order valence-electron chi connectivity index (χ4n) is 8.39. The van der Waals surface area contributed by atoms with E-state index in [1.54, 1.807) is 0 Å². The van der Waals surface area contributed by atoms with E-state index >= 15 is 0 Å². The highest BCUT2D eigenvalue weighted by Gasteiger charge is 2.52. The third-order valence-electron chi connectivity index (χ3n) is 10.6. The van der Waals surface area contributed by atoms with Gasteiger partial charge in [0.25, 0.3) is 0 Å². The third-order valence-corrected chi connectivity index (χ3v) is 10.6. The van der Waals surface area contributed by atoms with Crippen LogP contribution in [-0.4, -0.2) is 9.97 Å². The topological polar surface area (TPSA) is 49.6 Å². The summed E-state index contributed by atoms with van der Waals surface area (Å²) in [5.41, 5.74) is 16.7. The minimum absolute atomic E-state index is 0.528. The van der Waals surface area contributed by atoms with Gasteiger partial charge in [-0.3, -0.25) is 0 Å². The summed E-state index contributed by atoms with van der Waals surface area (Å²) in [6, 6.07) is 64.2. The van der Waals surface area contributed by atoms with Crippen LogP contribution >= 0.6 is 0 Å². The molecule has 3 heteroatoms. The molecule has 1 spiro atoms. The zero-order valence-electron chi connectivity index (χ0n) is 27.6. The average molecular weight is 648 g/mol. The summed E-state index contributed by atoms with van der Waals surface area (Å²) in [5.74, 6) is 0.696. The molecule has 1 heterocycles. The first kappa shape index (κ1) is 29.1. The van der Waals surface area contributed by atoms with Gasteiger partial charge in [-0.25, -0.2) is 9.97 Å². The molecule has 0 atom stereocenters. The van der Waals surface area contributed by atoms with Crippen molar-refractivity contribution in [2.75, 3.05) is 0 Å². The standard InChI is InChI=1S/C48H29N3/c49-30-36-19-12-24-42-46(36)39-26-25-34(28-43(39)48(42)40-22-9-7-20-37(40)38-21-8-10-23-41(38)48)33-17-11-18-35(27-33)45-29-44(31-13-3-1-4-14-31)50-47(51-45)32-15-5-2-6-16-32/h1-29H. The van der Waals surface area contributed by atoms with E-state index in [4.69, 9.17) is 9.97 Å². The summed E-state index contributed by atoms with van der Waals surface area (Å²) < 4.78 is 0. The Balaban J connectivity index is 1.17. The lowest BCUT2D eigenvalue weighted by atomic mass is 9.70.